The first-order valence-electron chi connectivity index (χ1n) is 8.37. The Bertz CT molecular complexity index is 850. The van der Waals surface area contributed by atoms with Gasteiger partial charge >= 0.3 is 0 Å². The van der Waals surface area contributed by atoms with Gasteiger partial charge in [0.05, 0.1) is 18.0 Å². The molecule has 7 heteroatoms. The van der Waals surface area contributed by atoms with Gasteiger partial charge in [0.25, 0.3) is 5.91 Å². The zero-order valence-electron chi connectivity index (χ0n) is 13.8. The number of aromatic nitrogens is 3. The van der Waals surface area contributed by atoms with Crippen LogP contribution in [0.1, 0.15) is 29.0 Å². The van der Waals surface area contributed by atoms with Gasteiger partial charge in [-0.3, -0.25) is 4.79 Å². The highest BCUT2D eigenvalue weighted by Gasteiger charge is 2.21. The van der Waals surface area contributed by atoms with Crippen LogP contribution < -0.4 is 10.2 Å². The summed E-state index contributed by atoms with van der Waals surface area (Å²) in [6.45, 7) is 2.34. The van der Waals surface area contributed by atoms with Gasteiger partial charge in [0, 0.05) is 25.4 Å². The van der Waals surface area contributed by atoms with E-state index in [9.17, 15) is 4.79 Å². The van der Waals surface area contributed by atoms with Crippen molar-refractivity contribution in [2.45, 2.75) is 19.4 Å². The number of nitrogens with one attached hydrogen (secondary N) is 1. The first-order chi connectivity index (χ1) is 12.3. The first kappa shape index (κ1) is 15.4. The molecule has 4 rings (SSSR count). The number of nitrogens with zero attached hydrogens (tertiary/aromatic N) is 4. The summed E-state index contributed by atoms with van der Waals surface area (Å²) >= 11 is 0. The number of furan rings is 1. The first-order valence-corrected chi connectivity index (χ1v) is 8.37. The molecular weight excluding hydrogens is 318 g/mol. The second kappa shape index (κ2) is 6.80. The van der Waals surface area contributed by atoms with E-state index in [2.05, 4.69) is 20.3 Å². The van der Waals surface area contributed by atoms with E-state index in [-0.39, 0.29) is 5.91 Å². The van der Waals surface area contributed by atoms with E-state index in [0.29, 0.717) is 17.9 Å². The van der Waals surface area contributed by atoms with Crippen molar-refractivity contribution in [3.05, 3.63) is 60.3 Å². The zero-order valence-corrected chi connectivity index (χ0v) is 13.8. The summed E-state index contributed by atoms with van der Waals surface area (Å²) in [4.78, 5) is 19.4. The Labute approximate surface area is 145 Å². The number of carbonyl (C=O) groups is 1. The Kier molecular flexibility index (Phi) is 4.20. The minimum Gasteiger partial charge on any atom is -0.467 e. The Morgan fingerprint density at radius 2 is 2.04 bits per heavy atom. The molecule has 25 heavy (non-hydrogen) atoms. The predicted octanol–water partition coefficient (Wildman–Crippen LogP) is 2.77. The Hall–Kier alpha value is -3.09. The molecule has 0 aromatic carbocycles. The molecule has 1 saturated heterocycles. The Morgan fingerprint density at radius 3 is 2.84 bits per heavy atom. The van der Waals surface area contributed by atoms with E-state index in [4.69, 9.17) is 4.42 Å². The van der Waals surface area contributed by atoms with Gasteiger partial charge in [-0.05, 0) is 37.1 Å². The summed E-state index contributed by atoms with van der Waals surface area (Å²) < 4.78 is 7.04. The summed E-state index contributed by atoms with van der Waals surface area (Å²) in [7, 11) is 0. The van der Waals surface area contributed by atoms with Crippen molar-refractivity contribution in [1.29, 1.82) is 0 Å². The molecule has 7 nitrogen and oxygen atoms in total. The van der Waals surface area contributed by atoms with Gasteiger partial charge in [0.1, 0.15) is 23.9 Å². The van der Waals surface area contributed by atoms with Crippen LogP contribution in [0, 0.1) is 0 Å². The van der Waals surface area contributed by atoms with Gasteiger partial charge in [-0.2, -0.15) is 5.10 Å². The quantitative estimate of drug-likeness (QED) is 0.775. The van der Waals surface area contributed by atoms with Gasteiger partial charge in [0.2, 0.25) is 0 Å². The summed E-state index contributed by atoms with van der Waals surface area (Å²) in [6, 6.07) is 9.07. The molecule has 3 aromatic rings. The van der Waals surface area contributed by atoms with Gasteiger partial charge in [0.15, 0.2) is 0 Å². The van der Waals surface area contributed by atoms with E-state index in [0.717, 1.165) is 37.5 Å². The van der Waals surface area contributed by atoms with Crippen LogP contribution in [0.2, 0.25) is 0 Å². The van der Waals surface area contributed by atoms with E-state index in [1.165, 1.54) is 0 Å². The van der Waals surface area contributed by atoms with Crippen molar-refractivity contribution in [2.75, 3.05) is 23.3 Å². The number of amides is 1. The van der Waals surface area contributed by atoms with Crippen LogP contribution >= 0.6 is 0 Å². The standard InChI is InChI=1S/C18H19N5O2/c24-18(15-6-3-8-19-17(15)22-10-1-2-11-22)21-16-7-9-20-23(16)13-14-5-4-12-25-14/h3-9,12H,1-2,10-11,13H2,(H,21,24). The molecule has 0 radical (unpaired) electrons. The largest absolute Gasteiger partial charge is 0.467 e. The number of rotatable bonds is 5. The highest BCUT2D eigenvalue weighted by molar-refractivity contribution is 6.07. The highest BCUT2D eigenvalue weighted by Crippen LogP contribution is 2.23. The zero-order chi connectivity index (χ0) is 17.1. The molecule has 1 N–H and O–H groups in total. The molecule has 128 valence electrons. The summed E-state index contributed by atoms with van der Waals surface area (Å²) in [6.07, 6.45) is 7.27. The fraction of sp³-hybridized carbons (Fsp3) is 0.278. The number of anilines is 2. The van der Waals surface area contributed by atoms with Crippen molar-refractivity contribution < 1.29 is 9.21 Å². The molecule has 0 aliphatic carbocycles. The lowest BCUT2D eigenvalue weighted by Gasteiger charge is -2.19. The van der Waals surface area contributed by atoms with Crippen LogP contribution in [0.4, 0.5) is 11.6 Å². The summed E-state index contributed by atoms with van der Waals surface area (Å²) in [5, 5.41) is 7.19. The molecule has 0 unspecified atom stereocenters. The summed E-state index contributed by atoms with van der Waals surface area (Å²) in [5.41, 5.74) is 0.579. The van der Waals surface area contributed by atoms with E-state index in [1.54, 1.807) is 35.5 Å². The van der Waals surface area contributed by atoms with Gasteiger partial charge in [-0.15, -0.1) is 0 Å². The fourth-order valence-electron chi connectivity index (χ4n) is 3.05. The number of hydrogen-bond acceptors (Lipinski definition) is 5. The van der Waals surface area contributed by atoms with Crippen molar-refractivity contribution in [3.63, 3.8) is 0 Å². The fourth-order valence-corrected chi connectivity index (χ4v) is 3.05. The van der Waals surface area contributed by atoms with E-state index < -0.39 is 0 Å². The van der Waals surface area contributed by atoms with Gasteiger partial charge in [-0.25, -0.2) is 9.67 Å². The maximum Gasteiger partial charge on any atom is 0.260 e. The SMILES string of the molecule is O=C(Nc1ccnn1Cc1ccco1)c1cccnc1N1CCCC1. The lowest BCUT2D eigenvalue weighted by molar-refractivity contribution is 0.102. The Morgan fingerprint density at radius 1 is 1.16 bits per heavy atom. The highest BCUT2D eigenvalue weighted by atomic mass is 16.3. The van der Waals surface area contributed by atoms with Gasteiger partial charge in [-0.1, -0.05) is 0 Å². The molecule has 3 aromatic heterocycles. The van der Waals surface area contributed by atoms with Crippen LogP contribution in [-0.2, 0) is 6.54 Å². The third-order valence-corrected chi connectivity index (χ3v) is 4.28. The van der Waals surface area contributed by atoms with Crippen LogP contribution in [0.3, 0.4) is 0 Å². The average molecular weight is 337 g/mol. The molecular formula is C18H19N5O2. The Balaban J connectivity index is 1.54. The van der Waals surface area contributed by atoms with E-state index in [1.807, 2.05) is 18.2 Å². The minimum atomic E-state index is -0.184. The number of pyridine rings is 1. The molecule has 1 aliphatic heterocycles. The van der Waals surface area contributed by atoms with Crippen molar-refractivity contribution >= 4 is 17.5 Å². The van der Waals surface area contributed by atoms with Crippen molar-refractivity contribution in [1.82, 2.24) is 14.8 Å². The lowest BCUT2D eigenvalue weighted by Crippen LogP contribution is -2.24. The van der Waals surface area contributed by atoms with Gasteiger partial charge < -0.3 is 14.6 Å². The molecule has 1 aliphatic rings. The molecule has 0 atom stereocenters. The molecule has 1 fully saturated rings. The maximum atomic E-state index is 12.8. The number of hydrogen-bond donors (Lipinski definition) is 1. The normalized spacial score (nSPS) is 14.0. The minimum absolute atomic E-state index is 0.184. The maximum absolute atomic E-state index is 12.8. The molecule has 0 saturated carbocycles. The van der Waals surface area contributed by atoms with Crippen LogP contribution in [0.25, 0.3) is 0 Å². The van der Waals surface area contributed by atoms with Crippen LogP contribution in [0.15, 0.2) is 53.4 Å². The predicted molar refractivity (Wildman–Crippen MR) is 93.7 cm³/mol. The molecule has 0 bridgehead atoms. The van der Waals surface area contributed by atoms with Crippen LogP contribution in [0.5, 0.6) is 0 Å². The topological polar surface area (TPSA) is 76.2 Å². The average Bonchev–Trinajstić information content (AvgIpc) is 3.39. The van der Waals surface area contributed by atoms with E-state index >= 15 is 0 Å². The third-order valence-electron chi connectivity index (χ3n) is 4.28. The van der Waals surface area contributed by atoms with Crippen LogP contribution in [-0.4, -0.2) is 33.8 Å². The van der Waals surface area contributed by atoms with Crippen molar-refractivity contribution in [2.24, 2.45) is 0 Å². The second-order valence-corrected chi connectivity index (χ2v) is 5.98. The lowest BCUT2D eigenvalue weighted by atomic mass is 10.2. The monoisotopic (exact) mass is 337 g/mol. The smallest absolute Gasteiger partial charge is 0.260 e. The molecule has 0 spiro atoms. The summed E-state index contributed by atoms with van der Waals surface area (Å²) in [5.74, 6) is 1.96. The number of carbonyl (C=O) groups excluding carboxylic acids is 1. The molecule has 4 heterocycles. The molecule has 1 amide bonds. The van der Waals surface area contributed by atoms with Crippen molar-refractivity contribution in [3.8, 4) is 0 Å². The third kappa shape index (κ3) is 3.26. The second-order valence-electron chi connectivity index (χ2n) is 5.98.